The number of hydrogen-bond donors (Lipinski definition) is 2. The summed E-state index contributed by atoms with van der Waals surface area (Å²) in [5, 5.41) is 0. The summed E-state index contributed by atoms with van der Waals surface area (Å²) in [6.07, 6.45) is 0. The van der Waals surface area contributed by atoms with Crippen LogP contribution >= 0.6 is 0 Å². The Morgan fingerprint density at radius 1 is 0.406 bits per heavy atom. The molecular formula is C27H20N2O3. The standard InChI is InChI=1S/C27H20N2O3/c28-23-11-7-17(8-12-23)25(30)19-3-1-5-21(15-19)27(32)22-6-2-4-20(16-22)26(31)18-9-13-24(29)14-10-18/h1-16H,28-29H2. The van der Waals surface area contributed by atoms with Gasteiger partial charge in [-0.2, -0.15) is 0 Å². The smallest absolute Gasteiger partial charge is 0.193 e. The van der Waals surface area contributed by atoms with Crippen LogP contribution in [0.3, 0.4) is 0 Å². The first-order valence-corrected chi connectivity index (χ1v) is 9.98. The van der Waals surface area contributed by atoms with Gasteiger partial charge >= 0.3 is 0 Å². The summed E-state index contributed by atoms with van der Waals surface area (Å²) in [4.78, 5) is 38.7. The molecule has 32 heavy (non-hydrogen) atoms. The number of nitrogen functional groups attached to an aromatic ring is 2. The molecule has 4 aromatic rings. The Balaban J connectivity index is 1.61. The second kappa shape index (κ2) is 8.70. The molecule has 0 aliphatic rings. The Bertz CT molecular complexity index is 1220. The van der Waals surface area contributed by atoms with E-state index in [2.05, 4.69) is 0 Å². The normalized spacial score (nSPS) is 10.5. The van der Waals surface area contributed by atoms with Crippen LogP contribution in [0.2, 0.25) is 0 Å². The van der Waals surface area contributed by atoms with Gasteiger partial charge in [0.25, 0.3) is 0 Å². The maximum atomic E-state index is 13.1. The fourth-order valence-corrected chi connectivity index (χ4v) is 3.37. The first-order chi connectivity index (χ1) is 15.4. The van der Waals surface area contributed by atoms with Crippen LogP contribution in [0, 0.1) is 0 Å². The molecule has 0 fully saturated rings. The topological polar surface area (TPSA) is 103 Å². The van der Waals surface area contributed by atoms with E-state index in [4.69, 9.17) is 11.5 Å². The molecule has 0 atom stereocenters. The fourth-order valence-electron chi connectivity index (χ4n) is 3.37. The molecule has 0 saturated heterocycles. The van der Waals surface area contributed by atoms with Crippen LogP contribution in [-0.2, 0) is 0 Å². The van der Waals surface area contributed by atoms with E-state index in [1.807, 2.05) is 0 Å². The molecular weight excluding hydrogens is 400 g/mol. The number of anilines is 2. The zero-order valence-corrected chi connectivity index (χ0v) is 17.1. The van der Waals surface area contributed by atoms with Gasteiger partial charge in [0.05, 0.1) is 0 Å². The molecule has 0 radical (unpaired) electrons. The molecule has 4 rings (SSSR count). The third-order valence-electron chi connectivity index (χ3n) is 5.12. The van der Waals surface area contributed by atoms with Gasteiger partial charge in [-0.25, -0.2) is 0 Å². The van der Waals surface area contributed by atoms with Gasteiger partial charge in [0.1, 0.15) is 0 Å². The molecule has 0 unspecified atom stereocenters. The van der Waals surface area contributed by atoms with Crippen molar-refractivity contribution in [1.29, 1.82) is 0 Å². The van der Waals surface area contributed by atoms with Crippen LogP contribution in [-0.4, -0.2) is 17.3 Å². The van der Waals surface area contributed by atoms with Crippen molar-refractivity contribution < 1.29 is 14.4 Å². The lowest BCUT2D eigenvalue weighted by atomic mass is 9.95. The first-order valence-electron chi connectivity index (χ1n) is 9.98. The van der Waals surface area contributed by atoms with Gasteiger partial charge in [-0.15, -0.1) is 0 Å². The average Bonchev–Trinajstić information content (AvgIpc) is 2.84. The number of ketones is 3. The summed E-state index contributed by atoms with van der Waals surface area (Å²) >= 11 is 0. The van der Waals surface area contributed by atoms with E-state index in [0.29, 0.717) is 44.8 Å². The quantitative estimate of drug-likeness (QED) is 0.352. The molecule has 4 N–H and O–H groups in total. The van der Waals surface area contributed by atoms with Crippen LogP contribution in [0.1, 0.15) is 47.8 Å². The number of hydrogen-bond acceptors (Lipinski definition) is 5. The maximum Gasteiger partial charge on any atom is 0.193 e. The minimum atomic E-state index is -0.274. The third kappa shape index (κ3) is 4.32. The largest absolute Gasteiger partial charge is 0.399 e. The summed E-state index contributed by atoms with van der Waals surface area (Å²) in [6.45, 7) is 0. The van der Waals surface area contributed by atoms with E-state index in [0.717, 1.165) is 0 Å². The molecule has 0 spiro atoms. The molecule has 0 aromatic heterocycles. The summed E-state index contributed by atoms with van der Waals surface area (Å²) in [5.74, 6) is -0.678. The fraction of sp³-hybridized carbons (Fsp3) is 0. The lowest BCUT2D eigenvalue weighted by Gasteiger charge is -2.07. The van der Waals surface area contributed by atoms with Gasteiger partial charge in [-0.3, -0.25) is 14.4 Å². The van der Waals surface area contributed by atoms with Crippen molar-refractivity contribution in [3.05, 3.63) is 130 Å². The zero-order valence-electron chi connectivity index (χ0n) is 17.1. The van der Waals surface area contributed by atoms with Gasteiger partial charge in [-0.05, 0) is 60.7 Å². The van der Waals surface area contributed by atoms with Crippen LogP contribution in [0.15, 0.2) is 97.1 Å². The lowest BCUT2D eigenvalue weighted by Crippen LogP contribution is -2.08. The van der Waals surface area contributed by atoms with E-state index in [1.54, 1.807) is 97.1 Å². The molecule has 0 aliphatic carbocycles. The molecule has 0 amide bonds. The van der Waals surface area contributed by atoms with Crippen LogP contribution < -0.4 is 11.5 Å². The highest BCUT2D eigenvalue weighted by Gasteiger charge is 2.16. The third-order valence-corrected chi connectivity index (χ3v) is 5.12. The Kier molecular flexibility index (Phi) is 5.64. The lowest BCUT2D eigenvalue weighted by molar-refractivity contribution is 0.103. The number of nitrogens with two attached hydrogens (primary N) is 2. The second-order valence-electron chi connectivity index (χ2n) is 7.39. The molecule has 4 aromatic carbocycles. The predicted molar refractivity (Wildman–Crippen MR) is 125 cm³/mol. The molecule has 0 heterocycles. The molecule has 5 heteroatoms. The van der Waals surface area contributed by atoms with Crippen LogP contribution in [0.4, 0.5) is 11.4 Å². The minimum absolute atomic E-state index is 0.202. The van der Waals surface area contributed by atoms with Crippen molar-refractivity contribution in [1.82, 2.24) is 0 Å². The Morgan fingerprint density at radius 2 is 0.688 bits per heavy atom. The summed E-state index contributed by atoms with van der Waals surface area (Å²) in [7, 11) is 0. The van der Waals surface area contributed by atoms with Crippen molar-refractivity contribution >= 4 is 28.7 Å². The summed E-state index contributed by atoms with van der Waals surface area (Å²) < 4.78 is 0. The van der Waals surface area contributed by atoms with Crippen molar-refractivity contribution in [3.8, 4) is 0 Å². The number of carbonyl (C=O) groups excluding carboxylic acids is 3. The van der Waals surface area contributed by atoms with E-state index < -0.39 is 0 Å². The SMILES string of the molecule is Nc1ccc(C(=O)c2cccc(C(=O)c3cccc(C(=O)c4ccc(N)cc4)c3)c2)cc1. The zero-order chi connectivity index (χ0) is 22.7. The van der Waals surface area contributed by atoms with Gasteiger partial charge in [0, 0.05) is 44.8 Å². The molecule has 5 nitrogen and oxygen atoms in total. The summed E-state index contributed by atoms with van der Waals surface area (Å²) in [5.41, 5.74) is 15.0. The Hall–Kier alpha value is -4.51. The highest BCUT2D eigenvalue weighted by molar-refractivity contribution is 6.15. The highest BCUT2D eigenvalue weighted by Crippen LogP contribution is 2.18. The van der Waals surface area contributed by atoms with Crippen molar-refractivity contribution in [2.75, 3.05) is 11.5 Å². The van der Waals surface area contributed by atoms with Crippen molar-refractivity contribution in [2.45, 2.75) is 0 Å². The second-order valence-corrected chi connectivity index (χ2v) is 7.39. The van der Waals surface area contributed by atoms with E-state index in [-0.39, 0.29) is 17.3 Å². The minimum Gasteiger partial charge on any atom is -0.399 e. The molecule has 0 aliphatic heterocycles. The van der Waals surface area contributed by atoms with Gasteiger partial charge < -0.3 is 11.5 Å². The number of benzene rings is 4. The Labute approximate surface area is 185 Å². The van der Waals surface area contributed by atoms with E-state index in [9.17, 15) is 14.4 Å². The number of carbonyl (C=O) groups is 3. The Morgan fingerprint density at radius 3 is 1.00 bits per heavy atom. The van der Waals surface area contributed by atoms with E-state index in [1.165, 1.54) is 0 Å². The molecule has 0 saturated carbocycles. The predicted octanol–water partition coefficient (Wildman–Crippen LogP) is 4.54. The van der Waals surface area contributed by atoms with Gasteiger partial charge in [-0.1, -0.05) is 36.4 Å². The average molecular weight is 420 g/mol. The van der Waals surface area contributed by atoms with Gasteiger partial charge in [0.15, 0.2) is 17.3 Å². The van der Waals surface area contributed by atoms with Crippen LogP contribution in [0.5, 0.6) is 0 Å². The molecule has 156 valence electrons. The summed E-state index contributed by atoms with van der Waals surface area (Å²) in [6, 6.07) is 26.3. The van der Waals surface area contributed by atoms with Gasteiger partial charge in [0.2, 0.25) is 0 Å². The van der Waals surface area contributed by atoms with Crippen molar-refractivity contribution in [3.63, 3.8) is 0 Å². The van der Waals surface area contributed by atoms with Crippen molar-refractivity contribution in [2.24, 2.45) is 0 Å². The first kappa shape index (κ1) is 20.8. The molecule has 0 bridgehead atoms. The highest BCUT2D eigenvalue weighted by atomic mass is 16.1. The monoisotopic (exact) mass is 420 g/mol. The number of rotatable bonds is 6. The maximum absolute atomic E-state index is 13.1. The van der Waals surface area contributed by atoms with E-state index >= 15 is 0 Å². The van der Waals surface area contributed by atoms with Crippen LogP contribution in [0.25, 0.3) is 0 Å².